The summed E-state index contributed by atoms with van der Waals surface area (Å²) < 4.78 is 6.32. The Labute approximate surface area is 200 Å². The van der Waals surface area contributed by atoms with E-state index >= 15 is 0 Å². The second kappa shape index (κ2) is 11.3. The van der Waals surface area contributed by atoms with Crippen molar-refractivity contribution in [1.29, 1.82) is 0 Å². The normalized spacial score (nSPS) is 10.3. The molecule has 0 fully saturated rings. The number of nitrogens with one attached hydrogen (secondary N) is 3. The Kier molecular flexibility index (Phi) is 8.21. The first-order valence-electron chi connectivity index (χ1n) is 10.4. The van der Waals surface area contributed by atoms with Crippen LogP contribution in [0, 0.1) is 6.92 Å². The lowest BCUT2D eigenvalue weighted by Crippen LogP contribution is -2.41. The van der Waals surface area contributed by atoms with Crippen molar-refractivity contribution in [2.24, 2.45) is 0 Å². The number of ether oxygens (including phenoxy) is 1. The first kappa shape index (κ1) is 24.0. The van der Waals surface area contributed by atoms with Crippen molar-refractivity contribution >= 4 is 39.3 Å². The van der Waals surface area contributed by atoms with Crippen LogP contribution in [-0.2, 0) is 0 Å². The van der Waals surface area contributed by atoms with Gasteiger partial charge in [0.05, 0.1) is 12.2 Å². The summed E-state index contributed by atoms with van der Waals surface area (Å²) in [7, 11) is 0. The van der Waals surface area contributed by atoms with Gasteiger partial charge in [0.1, 0.15) is 5.75 Å². The topological polar surface area (TPSA) is 96.5 Å². The Morgan fingerprint density at radius 1 is 0.848 bits per heavy atom. The summed E-state index contributed by atoms with van der Waals surface area (Å²) in [6.07, 6.45) is 0.801. The van der Waals surface area contributed by atoms with E-state index in [0.29, 0.717) is 39.2 Å². The minimum absolute atomic E-state index is 0.238. The van der Waals surface area contributed by atoms with E-state index in [0.717, 1.165) is 12.0 Å². The van der Waals surface area contributed by atoms with E-state index in [-0.39, 0.29) is 5.91 Å². The molecule has 3 rings (SSSR count). The van der Waals surface area contributed by atoms with E-state index < -0.39 is 11.8 Å². The maximum atomic E-state index is 12.6. The summed E-state index contributed by atoms with van der Waals surface area (Å²) in [6.45, 7) is 4.36. The molecule has 3 aromatic rings. The van der Waals surface area contributed by atoms with Crippen LogP contribution in [0.5, 0.6) is 5.75 Å². The number of halogens is 1. The zero-order valence-electron chi connectivity index (χ0n) is 18.3. The maximum absolute atomic E-state index is 12.6. The summed E-state index contributed by atoms with van der Waals surface area (Å²) in [5.41, 5.74) is 7.51. The van der Waals surface area contributed by atoms with Crippen LogP contribution in [0.15, 0.2) is 71.2 Å². The van der Waals surface area contributed by atoms with Gasteiger partial charge in [0.25, 0.3) is 17.7 Å². The molecule has 0 saturated carbocycles. The molecule has 3 aromatic carbocycles. The number of hydrogen-bond acceptors (Lipinski definition) is 4. The van der Waals surface area contributed by atoms with Crippen molar-refractivity contribution in [3.8, 4) is 5.75 Å². The second-order valence-electron chi connectivity index (χ2n) is 7.30. The maximum Gasteiger partial charge on any atom is 0.273 e. The van der Waals surface area contributed by atoms with Crippen molar-refractivity contribution in [2.45, 2.75) is 20.3 Å². The van der Waals surface area contributed by atoms with Crippen LogP contribution < -0.4 is 20.9 Å². The average molecular weight is 510 g/mol. The molecule has 0 heterocycles. The number of benzene rings is 3. The monoisotopic (exact) mass is 509 g/mol. The fourth-order valence-corrected chi connectivity index (χ4v) is 3.33. The van der Waals surface area contributed by atoms with Crippen LogP contribution in [0.25, 0.3) is 0 Å². The summed E-state index contributed by atoms with van der Waals surface area (Å²) in [5.74, 6) is -0.803. The molecule has 0 unspecified atom stereocenters. The number of hydrazine groups is 1. The van der Waals surface area contributed by atoms with E-state index in [1.165, 1.54) is 0 Å². The predicted octanol–water partition coefficient (Wildman–Crippen LogP) is 4.87. The van der Waals surface area contributed by atoms with E-state index in [9.17, 15) is 14.4 Å². The molecular weight excluding hydrogens is 486 g/mol. The number of anilines is 1. The van der Waals surface area contributed by atoms with Crippen LogP contribution >= 0.6 is 15.9 Å². The Balaban J connectivity index is 1.59. The zero-order valence-corrected chi connectivity index (χ0v) is 19.9. The molecule has 170 valence electrons. The largest absolute Gasteiger partial charge is 0.493 e. The Hall–Kier alpha value is -3.65. The van der Waals surface area contributed by atoms with Crippen LogP contribution in [-0.4, -0.2) is 24.3 Å². The van der Waals surface area contributed by atoms with E-state index in [1.807, 2.05) is 26.0 Å². The lowest BCUT2D eigenvalue weighted by atomic mass is 10.1. The van der Waals surface area contributed by atoms with Crippen LogP contribution in [0.2, 0.25) is 0 Å². The van der Waals surface area contributed by atoms with Gasteiger partial charge in [-0.2, -0.15) is 0 Å². The van der Waals surface area contributed by atoms with Crippen molar-refractivity contribution in [3.63, 3.8) is 0 Å². The van der Waals surface area contributed by atoms with Gasteiger partial charge >= 0.3 is 0 Å². The molecule has 0 aliphatic heterocycles. The van der Waals surface area contributed by atoms with Crippen molar-refractivity contribution < 1.29 is 19.1 Å². The molecule has 0 aliphatic rings. The molecule has 8 heteroatoms. The van der Waals surface area contributed by atoms with E-state index in [1.54, 1.807) is 54.6 Å². The first-order valence-corrected chi connectivity index (χ1v) is 11.2. The molecule has 0 spiro atoms. The number of carbonyl (C=O) groups is 3. The average Bonchev–Trinajstić information content (AvgIpc) is 2.82. The molecule has 33 heavy (non-hydrogen) atoms. The van der Waals surface area contributed by atoms with Gasteiger partial charge in [-0.15, -0.1) is 0 Å². The fraction of sp³-hybridized carbons (Fsp3) is 0.160. The third kappa shape index (κ3) is 6.66. The first-order chi connectivity index (χ1) is 15.9. The van der Waals surface area contributed by atoms with Gasteiger partial charge in [-0.05, 0) is 67.9 Å². The molecule has 3 N–H and O–H groups in total. The molecular formula is C25H24BrN3O4. The number of hydrogen-bond donors (Lipinski definition) is 3. The van der Waals surface area contributed by atoms with Crippen LogP contribution in [0.3, 0.4) is 0 Å². The highest BCUT2D eigenvalue weighted by Gasteiger charge is 2.15. The second-order valence-corrected chi connectivity index (χ2v) is 8.21. The van der Waals surface area contributed by atoms with Gasteiger partial charge in [0, 0.05) is 21.3 Å². The third-order valence-corrected chi connectivity index (χ3v) is 5.12. The SMILES string of the molecule is CCCOc1ccc(Br)cc1C(=O)NNC(=O)c1ccc(NC(=O)c2cccc(C)c2)cc1. The Bertz CT molecular complexity index is 1160. The highest BCUT2D eigenvalue weighted by molar-refractivity contribution is 9.10. The van der Waals surface area contributed by atoms with Crippen molar-refractivity contribution in [1.82, 2.24) is 10.9 Å². The van der Waals surface area contributed by atoms with Gasteiger partial charge in [0.2, 0.25) is 0 Å². The summed E-state index contributed by atoms with van der Waals surface area (Å²) in [4.78, 5) is 37.4. The molecule has 3 amide bonds. The molecule has 0 atom stereocenters. The van der Waals surface area contributed by atoms with E-state index in [4.69, 9.17) is 4.74 Å². The van der Waals surface area contributed by atoms with Gasteiger partial charge in [-0.1, -0.05) is 40.5 Å². The Morgan fingerprint density at radius 3 is 2.27 bits per heavy atom. The van der Waals surface area contributed by atoms with Gasteiger partial charge in [-0.3, -0.25) is 25.2 Å². The highest BCUT2D eigenvalue weighted by Crippen LogP contribution is 2.23. The fourth-order valence-electron chi connectivity index (χ4n) is 2.97. The standard InChI is InChI=1S/C25H24BrN3O4/c1-3-13-33-22-12-9-19(26)15-21(22)25(32)29-28-24(31)17-7-10-20(11-8-17)27-23(30)18-6-4-5-16(2)14-18/h4-12,14-15H,3,13H2,1-2H3,(H,27,30)(H,28,31)(H,29,32). The summed E-state index contributed by atoms with van der Waals surface area (Å²) in [6, 6.07) is 18.7. The van der Waals surface area contributed by atoms with Gasteiger partial charge in [-0.25, -0.2) is 0 Å². The minimum Gasteiger partial charge on any atom is -0.493 e. The third-order valence-electron chi connectivity index (χ3n) is 4.62. The van der Waals surface area contributed by atoms with Crippen molar-refractivity contribution in [3.05, 3.63) is 93.5 Å². The minimum atomic E-state index is -0.502. The Morgan fingerprint density at radius 2 is 1.58 bits per heavy atom. The molecule has 0 aromatic heterocycles. The number of rotatable bonds is 7. The van der Waals surface area contributed by atoms with Crippen LogP contribution in [0.1, 0.15) is 50.0 Å². The lowest BCUT2D eigenvalue weighted by Gasteiger charge is -2.12. The number of carbonyl (C=O) groups excluding carboxylic acids is 3. The molecule has 0 saturated heterocycles. The summed E-state index contributed by atoms with van der Waals surface area (Å²) >= 11 is 3.34. The van der Waals surface area contributed by atoms with Crippen LogP contribution in [0.4, 0.5) is 5.69 Å². The zero-order chi connectivity index (χ0) is 23.8. The lowest BCUT2D eigenvalue weighted by molar-refractivity contribution is 0.0844. The number of aryl methyl sites for hydroxylation is 1. The summed E-state index contributed by atoms with van der Waals surface area (Å²) in [5, 5.41) is 2.79. The smallest absolute Gasteiger partial charge is 0.273 e. The molecule has 7 nitrogen and oxygen atoms in total. The van der Waals surface area contributed by atoms with Gasteiger partial charge < -0.3 is 10.1 Å². The number of amides is 3. The van der Waals surface area contributed by atoms with Gasteiger partial charge in [0.15, 0.2) is 0 Å². The molecule has 0 aliphatic carbocycles. The molecule has 0 radical (unpaired) electrons. The predicted molar refractivity (Wildman–Crippen MR) is 130 cm³/mol. The van der Waals surface area contributed by atoms with Crippen molar-refractivity contribution in [2.75, 3.05) is 11.9 Å². The highest BCUT2D eigenvalue weighted by atomic mass is 79.9. The molecule has 0 bridgehead atoms. The quantitative estimate of drug-likeness (QED) is 0.395. The van der Waals surface area contributed by atoms with E-state index in [2.05, 4.69) is 32.1 Å².